The minimum Gasteiger partial charge on any atom is -0.487 e. The smallest absolute Gasteiger partial charge is 0.449 e. The molecule has 0 radical (unpaired) electrons. The summed E-state index contributed by atoms with van der Waals surface area (Å²) in [5, 5.41) is 8.91. The number of ether oxygens (including phenoxy) is 2. The normalized spacial score (nSPS) is 38.4. The average molecular weight is 248 g/mol. The zero-order chi connectivity index (χ0) is 12.8. The number of hydrogen-bond donors (Lipinski definition) is 1. The zero-order valence-corrected chi connectivity index (χ0v) is 8.15. The van der Waals surface area contributed by atoms with E-state index in [1.165, 1.54) is 0 Å². The van der Waals surface area contributed by atoms with Crippen LogP contribution in [0.3, 0.4) is 0 Å². The summed E-state index contributed by atoms with van der Waals surface area (Å²) in [7, 11) is 0. The van der Waals surface area contributed by atoms with Gasteiger partial charge < -0.3 is 14.6 Å². The Labute approximate surface area is 87.4 Å². The lowest BCUT2D eigenvalue weighted by molar-refractivity contribution is -0.409. The molecule has 1 aliphatic rings. The van der Waals surface area contributed by atoms with Crippen LogP contribution >= 0.6 is 0 Å². The van der Waals surface area contributed by atoms with E-state index in [1.54, 1.807) is 0 Å². The number of alkyl halides is 5. The van der Waals surface area contributed by atoms with E-state index in [0.29, 0.717) is 13.2 Å². The highest BCUT2D eigenvalue weighted by Crippen LogP contribution is 2.54. The van der Waals surface area contributed by atoms with Crippen molar-refractivity contribution < 1.29 is 36.5 Å². The first-order chi connectivity index (χ1) is 7.02. The highest BCUT2D eigenvalue weighted by Gasteiger charge is 2.82. The van der Waals surface area contributed by atoms with E-state index in [-0.39, 0.29) is 0 Å². The van der Waals surface area contributed by atoms with Crippen LogP contribution in [0.25, 0.3) is 0 Å². The number of halogens is 5. The summed E-state index contributed by atoms with van der Waals surface area (Å²) in [6, 6.07) is 0. The Balaban J connectivity index is 3.18. The second kappa shape index (κ2) is 3.30. The van der Waals surface area contributed by atoms with Gasteiger partial charge in [-0.15, -0.1) is 0 Å². The molecule has 0 aromatic carbocycles. The Bertz CT molecular complexity index is 303. The lowest BCUT2D eigenvalue weighted by Gasteiger charge is -2.35. The Hall–Kier alpha value is -0.890. The lowest BCUT2D eigenvalue weighted by Crippen LogP contribution is -2.62. The van der Waals surface area contributed by atoms with Crippen LogP contribution in [0.15, 0.2) is 12.8 Å². The van der Waals surface area contributed by atoms with Crippen LogP contribution in [0.5, 0.6) is 0 Å². The minimum absolute atomic E-state index is 0.569. The van der Waals surface area contributed by atoms with Gasteiger partial charge >= 0.3 is 17.9 Å². The van der Waals surface area contributed by atoms with Gasteiger partial charge in [0.25, 0.3) is 0 Å². The molecule has 1 heterocycles. The highest BCUT2D eigenvalue weighted by atomic mass is 19.4. The fraction of sp³-hybridized carbons (Fsp3) is 0.750. The largest absolute Gasteiger partial charge is 0.487 e. The van der Waals surface area contributed by atoms with Gasteiger partial charge in [-0.25, -0.2) is 0 Å². The van der Waals surface area contributed by atoms with Gasteiger partial charge in [0, 0.05) is 0 Å². The van der Waals surface area contributed by atoms with Crippen LogP contribution in [0.4, 0.5) is 22.0 Å². The van der Waals surface area contributed by atoms with Gasteiger partial charge in [-0.3, -0.25) is 0 Å². The Morgan fingerprint density at radius 3 is 2.25 bits per heavy atom. The molecule has 1 saturated heterocycles. The van der Waals surface area contributed by atoms with E-state index in [9.17, 15) is 22.0 Å². The number of rotatable bonds is 2. The van der Waals surface area contributed by atoms with Crippen molar-refractivity contribution in [1.29, 1.82) is 0 Å². The molecule has 0 aromatic rings. The van der Waals surface area contributed by atoms with Gasteiger partial charge in [-0.1, -0.05) is 6.58 Å². The Morgan fingerprint density at radius 1 is 1.44 bits per heavy atom. The molecule has 1 rings (SSSR count). The van der Waals surface area contributed by atoms with Crippen molar-refractivity contribution in [2.45, 2.75) is 30.4 Å². The summed E-state index contributed by atoms with van der Waals surface area (Å²) in [5.74, 6) is -9.19. The lowest BCUT2D eigenvalue weighted by atomic mass is 9.94. The van der Waals surface area contributed by atoms with Crippen molar-refractivity contribution in [3.8, 4) is 0 Å². The maximum absolute atomic E-state index is 13.5. The van der Waals surface area contributed by atoms with Crippen LogP contribution in [0, 0.1) is 0 Å². The Morgan fingerprint density at radius 2 is 1.94 bits per heavy atom. The van der Waals surface area contributed by atoms with E-state index in [2.05, 4.69) is 16.1 Å². The second-order valence-electron chi connectivity index (χ2n) is 3.52. The van der Waals surface area contributed by atoms with Crippen molar-refractivity contribution in [2.24, 2.45) is 0 Å². The third-order valence-corrected chi connectivity index (χ3v) is 2.37. The van der Waals surface area contributed by atoms with Gasteiger partial charge in [0.1, 0.15) is 0 Å². The maximum atomic E-state index is 13.5. The zero-order valence-electron chi connectivity index (χ0n) is 8.15. The molecule has 2 unspecified atom stereocenters. The molecule has 16 heavy (non-hydrogen) atoms. The molecule has 0 amide bonds. The van der Waals surface area contributed by atoms with Gasteiger partial charge in [0.2, 0.25) is 0 Å². The van der Waals surface area contributed by atoms with Crippen LogP contribution in [-0.4, -0.2) is 35.2 Å². The van der Waals surface area contributed by atoms with Gasteiger partial charge in [-0.05, 0) is 6.92 Å². The van der Waals surface area contributed by atoms with E-state index >= 15 is 0 Å². The Kier molecular flexibility index (Phi) is 2.72. The summed E-state index contributed by atoms with van der Waals surface area (Å²) >= 11 is 0. The van der Waals surface area contributed by atoms with Gasteiger partial charge in [0.15, 0.2) is 5.60 Å². The molecular formula is C8H9F5O3. The van der Waals surface area contributed by atoms with Crippen molar-refractivity contribution in [3.05, 3.63) is 12.8 Å². The first kappa shape index (κ1) is 13.2. The van der Waals surface area contributed by atoms with Crippen molar-refractivity contribution in [2.75, 3.05) is 6.61 Å². The van der Waals surface area contributed by atoms with Crippen molar-refractivity contribution >= 4 is 0 Å². The summed E-state index contributed by atoms with van der Waals surface area (Å²) in [6.07, 6.45) is -5.06. The molecule has 0 saturated carbocycles. The summed E-state index contributed by atoms with van der Waals surface area (Å²) < 4.78 is 71.9. The molecule has 94 valence electrons. The van der Waals surface area contributed by atoms with Crippen LogP contribution in [-0.2, 0) is 9.47 Å². The van der Waals surface area contributed by atoms with Crippen molar-refractivity contribution in [3.63, 3.8) is 0 Å². The highest BCUT2D eigenvalue weighted by molar-refractivity contribution is 5.09. The molecule has 1 aliphatic heterocycles. The molecular weight excluding hydrogens is 239 g/mol. The number of hydrogen-bond acceptors (Lipinski definition) is 3. The molecule has 3 nitrogen and oxygen atoms in total. The third kappa shape index (κ3) is 1.40. The van der Waals surface area contributed by atoms with Gasteiger partial charge in [0.05, 0.1) is 12.9 Å². The fourth-order valence-corrected chi connectivity index (χ4v) is 1.33. The molecule has 0 spiro atoms. The fourth-order valence-electron chi connectivity index (χ4n) is 1.33. The SMILES string of the molecule is C=COC1(C)COC(O)(C(F)(F)F)C1(F)F. The first-order valence-electron chi connectivity index (χ1n) is 4.11. The molecule has 0 aromatic heterocycles. The van der Waals surface area contributed by atoms with Gasteiger partial charge in [-0.2, -0.15) is 22.0 Å². The minimum atomic E-state index is -5.63. The first-order valence-corrected chi connectivity index (χ1v) is 4.11. The van der Waals surface area contributed by atoms with Crippen LogP contribution < -0.4 is 0 Å². The third-order valence-electron chi connectivity index (χ3n) is 2.37. The maximum Gasteiger partial charge on any atom is 0.449 e. The van der Waals surface area contributed by atoms with E-state index in [0.717, 1.165) is 0 Å². The molecule has 2 atom stereocenters. The summed E-state index contributed by atoms with van der Waals surface area (Å²) in [4.78, 5) is 0. The van der Waals surface area contributed by atoms with E-state index < -0.39 is 30.1 Å². The molecule has 0 bridgehead atoms. The van der Waals surface area contributed by atoms with Crippen LogP contribution in [0.2, 0.25) is 0 Å². The summed E-state index contributed by atoms with van der Waals surface area (Å²) in [6.45, 7) is 2.55. The predicted octanol–water partition coefficient (Wildman–Crippen LogP) is 1.82. The topological polar surface area (TPSA) is 38.7 Å². The standard InChI is InChI=1S/C8H9F5O3/c1-3-15-5(2)4-16-7(14,6(5,9)10)8(11,12)13/h3,14H,1,4H2,2H3. The van der Waals surface area contributed by atoms with Crippen LogP contribution in [0.1, 0.15) is 6.92 Å². The summed E-state index contributed by atoms with van der Waals surface area (Å²) in [5.41, 5.74) is -2.61. The van der Waals surface area contributed by atoms with E-state index in [4.69, 9.17) is 5.11 Å². The predicted molar refractivity (Wildman–Crippen MR) is 41.6 cm³/mol. The second-order valence-corrected chi connectivity index (χ2v) is 3.52. The quantitative estimate of drug-likeness (QED) is 0.598. The average Bonchev–Trinajstić information content (AvgIpc) is 2.28. The van der Waals surface area contributed by atoms with E-state index in [1.807, 2.05) is 0 Å². The monoisotopic (exact) mass is 248 g/mol. The molecule has 0 aliphatic carbocycles. The van der Waals surface area contributed by atoms with Crippen molar-refractivity contribution in [1.82, 2.24) is 0 Å². The molecule has 8 heteroatoms. The molecule has 1 N–H and O–H groups in total. The number of aliphatic hydroxyl groups is 1. The molecule has 1 fully saturated rings.